The number of carbonyl (C=O) groups excluding carboxylic acids is 2. The summed E-state index contributed by atoms with van der Waals surface area (Å²) in [5.74, 6) is -0.281. The van der Waals surface area contributed by atoms with Crippen LogP contribution in [0.3, 0.4) is 0 Å². The molecule has 1 N–H and O–H groups in total. The number of anilines is 1. The first-order chi connectivity index (χ1) is 19.0. The van der Waals surface area contributed by atoms with E-state index in [-0.39, 0.29) is 29.1 Å². The van der Waals surface area contributed by atoms with Gasteiger partial charge in [0, 0.05) is 17.6 Å². The van der Waals surface area contributed by atoms with Crippen molar-refractivity contribution in [1.29, 1.82) is 0 Å². The number of halogens is 1. The molecule has 0 bridgehead atoms. The lowest BCUT2D eigenvalue weighted by molar-refractivity contribution is -0.139. The minimum atomic E-state index is -4.16. The molecule has 0 saturated heterocycles. The number of rotatable bonds is 12. The highest BCUT2D eigenvalue weighted by atomic mass is 35.5. The number of benzene rings is 3. The number of amides is 2. The summed E-state index contributed by atoms with van der Waals surface area (Å²) < 4.78 is 34.0. The summed E-state index contributed by atoms with van der Waals surface area (Å²) in [6, 6.07) is 18.9. The minimum absolute atomic E-state index is 0.0291. The molecule has 0 saturated carbocycles. The third kappa shape index (κ3) is 7.55. The van der Waals surface area contributed by atoms with Gasteiger partial charge in [-0.1, -0.05) is 54.9 Å². The first-order valence-electron chi connectivity index (χ1n) is 13.0. The van der Waals surface area contributed by atoms with Gasteiger partial charge in [0.05, 0.1) is 17.7 Å². The number of hydrogen-bond acceptors (Lipinski definition) is 5. The fraction of sp³-hybridized carbons (Fsp3) is 0.333. The van der Waals surface area contributed by atoms with Crippen molar-refractivity contribution in [2.24, 2.45) is 0 Å². The SMILES string of the molecule is CC[C@@H](C)NC(=O)[C@H](C)N(Cc1cccc(OC)c1)C(=O)CN(c1ccc(C)c(Cl)c1)S(=O)(=O)c1ccccc1. The van der Waals surface area contributed by atoms with Gasteiger partial charge in [0.25, 0.3) is 10.0 Å². The molecule has 0 aliphatic carbocycles. The number of nitrogens with one attached hydrogen (secondary N) is 1. The highest BCUT2D eigenvalue weighted by Gasteiger charge is 2.33. The summed E-state index contributed by atoms with van der Waals surface area (Å²) in [6.45, 7) is 6.80. The van der Waals surface area contributed by atoms with Gasteiger partial charge in [-0.2, -0.15) is 0 Å². The molecule has 2 amide bonds. The first kappa shape index (κ1) is 31.0. The van der Waals surface area contributed by atoms with E-state index in [2.05, 4.69) is 5.32 Å². The van der Waals surface area contributed by atoms with Gasteiger partial charge >= 0.3 is 0 Å². The van der Waals surface area contributed by atoms with Crippen molar-refractivity contribution < 1.29 is 22.7 Å². The van der Waals surface area contributed by atoms with Crippen LogP contribution >= 0.6 is 11.6 Å². The average molecular weight is 586 g/mol. The van der Waals surface area contributed by atoms with Crippen LogP contribution in [0.15, 0.2) is 77.7 Å². The molecule has 0 aliphatic heterocycles. The third-order valence-corrected chi connectivity index (χ3v) is 8.90. The second kappa shape index (κ2) is 13.7. The number of ether oxygens (including phenoxy) is 1. The maximum absolute atomic E-state index is 14.0. The number of methoxy groups -OCH3 is 1. The van der Waals surface area contributed by atoms with E-state index in [0.717, 1.165) is 21.9 Å². The second-order valence-corrected chi connectivity index (χ2v) is 11.9. The van der Waals surface area contributed by atoms with Gasteiger partial charge in [0.1, 0.15) is 18.3 Å². The molecule has 8 nitrogen and oxygen atoms in total. The van der Waals surface area contributed by atoms with E-state index < -0.39 is 28.5 Å². The van der Waals surface area contributed by atoms with Gasteiger partial charge < -0.3 is 15.0 Å². The predicted molar refractivity (Wildman–Crippen MR) is 158 cm³/mol. The molecule has 0 radical (unpaired) electrons. The molecule has 214 valence electrons. The van der Waals surface area contributed by atoms with Gasteiger partial charge in [0.2, 0.25) is 11.8 Å². The molecule has 2 atom stereocenters. The van der Waals surface area contributed by atoms with Crippen LogP contribution in [0.2, 0.25) is 5.02 Å². The highest BCUT2D eigenvalue weighted by Crippen LogP contribution is 2.28. The maximum Gasteiger partial charge on any atom is 0.264 e. The van der Waals surface area contributed by atoms with Crippen LogP contribution in [0.4, 0.5) is 5.69 Å². The number of aryl methyl sites for hydroxylation is 1. The van der Waals surface area contributed by atoms with Crippen molar-refractivity contribution >= 4 is 39.1 Å². The number of hydrogen-bond donors (Lipinski definition) is 1. The normalized spacial score (nSPS) is 12.8. The van der Waals surface area contributed by atoms with Crippen molar-refractivity contribution in [3.05, 3.63) is 88.9 Å². The zero-order valence-corrected chi connectivity index (χ0v) is 25.0. The van der Waals surface area contributed by atoms with Gasteiger partial charge in [-0.25, -0.2) is 8.42 Å². The minimum Gasteiger partial charge on any atom is -0.497 e. The molecule has 3 aromatic rings. The van der Waals surface area contributed by atoms with Crippen LogP contribution in [-0.4, -0.2) is 50.9 Å². The van der Waals surface area contributed by atoms with Crippen LogP contribution in [0.25, 0.3) is 0 Å². The quantitative estimate of drug-likeness (QED) is 0.316. The molecule has 0 spiro atoms. The maximum atomic E-state index is 14.0. The zero-order valence-electron chi connectivity index (χ0n) is 23.4. The van der Waals surface area contributed by atoms with Crippen LogP contribution in [-0.2, 0) is 26.2 Å². The van der Waals surface area contributed by atoms with Crippen molar-refractivity contribution in [2.75, 3.05) is 18.0 Å². The van der Waals surface area contributed by atoms with E-state index in [1.54, 1.807) is 69.5 Å². The monoisotopic (exact) mass is 585 g/mol. The Kier molecular flexibility index (Phi) is 10.6. The Morgan fingerprint density at radius 3 is 2.33 bits per heavy atom. The molecule has 0 aliphatic rings. The summed E-state index contributed by atoms with van der Waals surface area (Å²) in [7, 11) is -2.61. The van der Waals surface area contributed by atoms with E-state index in [4.69, 9.17) is 16.3 Å². The second-order valence-electron chi connectivity index (χ2n) is 9.63. The first-order valence-corrected chi connectivity index (χ1v) is 14.9. The van der Waals surface area contributed by atoms with E-state index in [9.17, 15) is 18.0 Å². The van der Waals surface area contributed by atoms with Gasteiger partial charge in [0.15, 0.2) is 0 Å². The van der Waals surface area contributed by atoms with E-state index in [0.29, 0.717) is 10.8 Å². The lowest BCUT2D eigenvalue weighted by atomic mass is 10.1. The number of carbonyl (C=O) groups is 2. The Hall–Kier alpha value is -3.56. The summed E-state index contributed by atoms with van der Waals surface area (Å²) in [5.41, 5.74) is 1.74. The van der Waals surface area contributed by atoms with Crippen LogP contribution in [0, 0.1) is 6.92 Å². The van der Waals surface area contributed by atoms with E-state index >= 15 is 0 Å². The Morgan fingerprint density at radius 2 is 1.70 bits per heavy atom. The molecule has 3 rings (SSSR count). The Bertz CT molecular complexity index is 1430. The molecule has 3 aromatic carbocycles. The standard InChI is InChI=1S/C30H36ClN3O5S/c1-6-22(3)32-30(36)23(4)33(19-24-11-10-12-26(17-24)39-5)29(35)20-34(25-16-15-21(2)28(31)18-25)40(37,38)27-13-8-7-9-14-27/h7-18,22-23H,6,19-20H2,1-5H3,(H,32,36)/t22-,23+/m1/s1. The number of sulfonamides is 1. The van der Waals surface area contributed by atoms with E-state index in [1.807, 2.05) is 19.9 Å². The van der Waals surface area contributed by atoms with Crippen LogP contribution in [0.5, 0.6) is 5.75 Å². The summed E-state index contributed by atoms with van der Waals surface area (Å²) in [6.07, 6.45) is 0.722. The molecule has 0 unspecified atom stereocenters. The molecular weight excluding hydrogens is 550 g/mol. The summed E-state index contributed by atoms with van der Waals surface area (Å²) in [5, 5.41) is 3.29. The van der Waals surface area contributed by atoms with Gasteiger partial charge in [-0.15, -0.1) is 0 Å². The zero-order chi connectivity index (χ0) is 29.4. The molecule has 0 heterocycles. The molecule has 0 fully saturated rings. The Balaban J connectivity index is 2.05. The topological polar surface area (TPSA) is 96.0 Å². The number of nitrogens with zero attached hydrogens (tertiary/aromatic N) is 2. The fourth-order valence-electron chi connectivity index (χ4n) is 4.00. The van der Waals surface area contributed by atoms with Crippen molar-refractivity contribution in [1.82, 2.24) is 10.2 Å². The predicted octanol–water partition coefficient (Wildman–Crippen LogP) is 5.18. The lowest BCUT2D eigenvalue weighted by Crippen LogP contribution is -2.52. The Morgan fingerprint density at radius 1 is 1.00 bits per heavy atom. The van der Waals surface area contributed by atoms with Crippen molar-refractivity contribution in [2.45, 2.75) is 57.6 Å². The Labute approximate surface area is 241 Å². The highest BCUT2D eigenvalue weighted by molar-refractivity contribution is 7.92. The third-order valence-electron chi connectivity index (χ3n) is 6.71. The summed E-state index contributed by atoms with van der Waals surface area (Å²) in [4.78, 5) is 28.6. The molecular formula is C30H36ClN3O5S. The molecule has 40 heavy (non-hydrogen) atoms. The smallest absolute Gasteiger partial charge is 0.264 e. The van der Waals surface area contributed by atoms with Crippen LogP contribution in [0.1, 0.15) is 38.3 Å². The largest absolute Gasteiger partial charge is 0.497 e. The lowest BCUT2D eigenvalue weighted by Gasteiger charge is -2.32. The van der Waals surface area contributed by atoms with Crippen molar-refractivity contribution in [3.8, 4) is 5.75 Å². The average Bonchev–Trinajstić information content (AvgIpc) is 2.96. The fourth-order valence-corrected chi connectivity index (χ4v) is 5.60. The molecule has 10 heteroatoms. The van der Waals surface area contributed by atoms with E-state index in [1.165, 1.54) is 23.1 Å². The van der Waals surface area contributed by atoms with Crippen LogP contribution < -0.4 is 14.4 Å². The van der Waals surface area contributed by atoms with Gasteiger partial charge in [-0.05, 0) is 74.7 Å². The summed E-state index contributed by atoms with van der Waals surface area (Å²) >= 11 is 6.36. The van der Waals surface area contributed by atoms with Gasteiger partial charge in [-0.3, -0.25) is 13.9 Å². The van der Waals surface area contributed by atoms with Crippen molar-refractivity contribution in [3.63, 3.8) is 0 Å². The molecule has 0 aromatic heterocycles.